The van der Waals surface area contributed by atoms with Gasteiger partial charge in [-0.25, -0.2) is 0 Å². The van der Waals surface area contributed by atoms with Gasteiger partial charge >= 0.3 is 0 Å². The molecule has 0 spiro atoms. The lowest BCUT2D eigenvalue weighted by molar-refractivity contribution is -0.151. The fraction of sp³-hybridized carbons (Fsp3) is 0.444. The van der Waals surface area contributed by atoms with Crippen LogP contribution in [0.4, 0.5) is 0 Å². The summed E-state index contributed by atoms with van der Waals surface area (Å²) in [5.41, 5.74) is 1.15. The summed E-state index contributed by atoms with van der Waals surface area (Å²) in [4.78, 5) is 17.5. The number of hydrogen-bond acceptors (Lipinski definition) is 4. The summed E-state index contributed by atoms with van der Waals surface area (Å²) < 4.78 is 6.37. The zero-order valence-corrected chi connectivity index (χ0v) is 19.2. The molecular weight excluding hydrogens is 400 g/mol. The molecule has 3 unspecified atom stereocenters. The zero-order valence-electron chi connectivity index (χ0n) is 19.2. The number of piperidine rings is 1. The highest BCUT2D eigenvalue weighted by Crippen LogP contribution is 2.54. The van der Waals surface area contributed by atoms with Crippen LogP contribution in [0.5, 0.6) is 5.75 Å². The van der Waals surface area contributed by atoms with Crippen LogP contribution >= 0.6 is 0 Å². The molecule has 170 valence electrons. The van der Waals surface area contributed by atoms with Crippen LogP contribution in [0.15, 0.2) is 67.3 Å². The molecule has 1 aliphatic carbocycles. The third-order valence-corrected chi connectivity index (χ3v) is 7.74. The summed E-state index contributed by atoms with van der Waals surface area (Å²) in [5.74, 6) is 0.321. The van der Waals surface area contributed by atoms with Crippen LogP contribution in [-0.2, 0) is 10.2 Å². The van der Waals surface area contributed by atoms with Gasteiger partial charge in [0.2, 0.25) is 0 Å². The molecule has 1 heterocycles. The Bertz CT molecular complexity index is 962. The number of carbonyl (C=O) groups is 1. The Morgan fingerprint density at radius 3 is 2.72 bits per heavy atom. The second kappa shape index (κ2) is 9.08. The number of likely N-dealkylation sites (tertiary alicyclic amines) is 1. The quantitative estimate of drug-likeness (QED) is 0.692. The van der Waals surface area contributed by atoms with Gasteiger partial charge in [-0.1, -0.05) is 36.4 Å². The van der Waals surface area contributed by atoms with E-state index in [1.165, 1.54) is 0 Å². The first-order valence-electron chi connectivity index (χ1n) is 11.4. The minimum atomic E-state index is -0.380. The Kier molecular flexibility index (Phi) is 6.40. The van der Waals surface area contributed by atoms with E-state index in [4.69, 9.17) is 4.74 Å². The highest BCUT2D eigenvalue weighted by atomic mass is 16.5. The first kappa shape index (κ1) is 22.6. The smallest absolute Gasteiger partial charge is 0.253 e. The van der Waals surface area contributed by atoms with Crippen molar-refractivity contribution >= 4 is 5.91 Å². The van der Waals surface area contributed by atoms with Gasteiger partial charge in [-0.05, 0) is 62.1 Å². The van der Waals surface area contributed by atoms with E-state index >= 15 is 0 Å². The molecule has 2 aromatic rings. The number of amides is 1. The lowest BCUT2D eigenvalue weighted by atomic mass is 9.55. The Morgan fingerprint density at radius 1 is 1.25 bits per heavy atom. The number of aromatic hydroxyl groups is 1. The second-order valence-electron chi connectivity index (χ2n) is 9.28. The van der Waals surface area contributed by atoms with Gasteiger partial charge in [-0.2, -0.15) is 0 Å². The van der Waals surface area contributed by atoms with E-state index in [2.05, 4.69) is 17.5 Å². The average Bonchev–Trinajstić information content (AvgIpc) is 2.83. The third kappa shape index (κ3) is 3.84. The van der Waals surface area contributed by atoms with Crippen LogP contribution in [0.25, 0.3) is 0 Å². The van der Waals surface area contributed by atoms with Gasteiger partial charge in [0.05, 0.1) is 5.60 Å². The molecule has 0 bridgehead atoms. The van der Waals surface area contributed by atoms with Gasteiger partial charge in [0, 0.05) is 44.3 Å². The van der Waals surface area contributed by atoms with E-state index in [0.717, 1.165) is 50.9 Å². The Morgan fingerprint density at radius 2 is 2.03 bits per heavy atom. The van der Waals surface area contributed by atoms with Crippen molar-refractivity contribution in [2.24, 2.45) is 0 Å². The maximum absolute atomic E-state index is 13.2. The van der Waals surface area contributed by atoms with Gasteiger partial charge in [0.15, 0.2) is 0 Å². The van der Waals surface area contributed by atoms with Crippen molar-refractivity contribution in [3.8, 4) is 5.75 Å². The van der Waals surface area contributed by atoms with E-state index in [-0.39, 0.29) is 28.7 Å². The minimum absolute atomic E-state index is 0.0515. The van der Waals surface area contributed by atoms with Crippen LogP contribution in [-0.4, -0.2) is 66.2 Å². The lowest BCUT2D eigenvalue weighted by Gasteiger charge is -2.60. The number of carbonyl (C=O) groups excluding carboxylic acids is 1. The molecule has 4 rings (SSSR count). The molecule has 5 nitrogen and oxygen atoms in total. The molecule has 2 aromatic carbocycles. The summed E-state index contributed by atoms with van der Waals surface area (Å²) in [7, 11) is 3.73. The highest BCUT2D eigenvalue weighted by Gasteiger charge is 2.59. The monoisotopic (exact) mass is 434 g/mol. The third-order valence-electron chi connectivity index (χ3n) is 7.74. The molecule has 1 amide bonds. The maximum atomic E-state index is 13.2. The van der Waals surface area contributed by atoms with Crippen molar-refractivity contribution < 1.29 is 14.6 Å². The number of phenols is 1. The largest absolute Gasteiger partial charge is 0.508 e. The van der Waals surface area contributed by atoms with Gasteiger partial charge < -0.3 is 14.7 Å². The number of hydrogen-bond donors (Lipinski definition) is 1. The molecule has 2 aliphatic rings. The predicted molar refractivity (Wildman–Crippen MR) is 127 cm³/mol. The van der Waals surface area contributed by atoms with Crippen molar-refractivity contribution in [1.29, 1.82) is 0 Å². The van der Waals surface area contributed by atoms with Crippen molar-refractivity contribution in [3.05, 3.63) is 78.4 Å². The Balaban J connectivity index is 1.71. The fourth-order valence-electron chi connectivity index (χ4n) is 5.99. The molecule has 2 fully saturated rings. The number of phenolic OH excluding ortho intramolecular Hbond substituents is 1. The Hall–Kier alpha value is -2.63. The Labute approximate surface area is 191 Å². The first-order valence-corrected chi connectivity index (χ1v) is 11.4. The van der Waals surface area contributed by atoms with E-state index in [0.29, 0.717) is 5.56 Å². The summed E-state index contributed by atoms with van der Waals surface area (Å²) in [6.07, 6.45) is 5.39. The molecular formula is C27H34N2O3. The summed E-state index contributed by atoms with van der Waals surface area (Å²) in [6.45, 7) is 6.49. The topological polar surface area (TPSA) is 53.0 Å². The number of fused-ring (bicyclic) bond motifs is 1. The molecule has 0 aromatic heterocycles. The van der Waals surface area contributed by atoms with Gasteiger partial charge in [0.25, 0.3) is 5.91 Å². The standard InChI is InChI=1S/C27H34N2O3/c1-4-16-29-17-15-26(22-11-8-12-24(30)18-22)19-23(13-14-27(26,20-29)32-3)28(2)25(31)21-9-6-5-7-10-21/h4-12,18,23,30H,1,13-17,19-20H2,2-3H3. The lowest BCUT2D eigenvalue weighted by Crippen LogP contribution is -2.68. The van der Waals surface area contributed by atoms with Crippen molar-refractivity contribution in [2.75, 3.05) is 33.8 Å². The van der Waals surface area contributed by atoms with E-state index in [9.17, 15) is 9.90 Å². The number of methoxy groups -OCH3 is 1. The summed E-state index contributed by atoms with van der Waals surface area (Å²) >= 11 is 0. The molecule has 1 saturated carbocycles. The van der Waals surface area contributed by atoms with Gasteiger partial charge in [-0.15, -0.1) is 6.58 Å². The minimum Gasteiger partial charge on any atom is -0.508 e. The molecule has 3 atom stereocenters. The molecule has 32 heavy (non-hydrogen) atoms. The van der Waals surface area contributed by atoms with Crippen molar-refractivity contribution in [2.45, 2.75) is 42.7 Å². The highest BCUT2D eigenvalue weighted by molar-refractivity contribution is 5.94. The number of benzene rings is 2. The maximum Gasteiger partial charge on any atom is 0.253 e. The summed E-state index contributed by atoms with van der Waals surface area (Å²) in [5, 5.41) is 10.3. The van der Waals surface area contributed by atoms with E-state index in [1.54, 1.807) is 6.07 Å². The number of rotatable bonds is 6. The SMILES string of the molecule is C=CCN1CCC2(c3cccc(O)c3)CC(N(C)C(=O)c3ccccc3)CCC2(OC)C1. The van der Waals surface area contributed by atoms with Gasteiger partial charge in [-0.3, -0.25) is 9.69 Å². The van der Waals surface area contributed by atoms with Crippen LogP contribution in [0.3, 0.4) is 0 Å². The second-order valence-corrected chi connectivity index (χ2v) is 9.28. The molecule has 1 saturated heterocycles. The molecule has 1 aliphatic heterocycles. The summed E-state index contributed by atoms with van der Waals surface area (Å²) in [6, 6.07) is 17.2. The molecule has 1 N–H and O–H groups in total. The normalized spacial score (nSPS) is 28.0. The van der Waals surface area contributed by atoms with Crippen LogP contribution in [0.1, 0.15) is 41.6 Å². The predicted octanol–water partition coefficient (Wildman–Crippen LogP) is 4.23. The van der Waals surface area contributed by atoms with Crippen LogP contribution < -0.4 is 0 Å². The molecule has 0 radical (unpaired) electrons. The van der Waals surface area contributed by atoms with Crippen LogP contribution in [0.2, 0.25) is 0 Å². The number of ether oxygens (including phenoxy) is 1. The van der Waals surface area contributed by atoms with Gasteiger partial charge in [0.1, 0.15) is 5.75 Å². The zero-order chi connectivity index (χ0) is 22.8. The number of nitrogens with zero attached hydrogens (tertiary/aromatic N) is 2. The average molecular weight is 435 g/mol. The van der Waals surface area contributed by atoms with E-state index < -0.39 is 0 Å². The fourth-order valence-corrected chi connectivity index (χ4v) is 5.99. The molecule has 5 heteroatoms. The van der Waals surface area contributed by atoms with E-state index in [1.807, 2.05) is 67.6 Å². The van der Waals surface area contributed by atoms with Crippen molar-refractivity contribution in [3.63, 3.8) is 0 Å². The first-order chi connectivity index (χ1) is 15.4. The van der Waals surface area contributed by atoms with Crippen LogP contribution in [0, 0.1) is 0 Å². The van der Waals surface area contributed by atoms with Crippen molar-refractivity contribution in [1.82, 2.24) is 9.80 Å².